The van der Waals surface area contributed by atoms with Gasteiger partial charge in [0.05, 0.1) is 4.90 Å². The number of nitrogens with zero attached hydrogens (tertiary/aromatic N) is 1. The molecule has 0 spiro atoms. The summed E-state index contributed by atoms with van der Waals surface area (Å²) in [5.74, 6) is -0.437. The summed E-state index contributed by atoms with van der Waals surface area (Å²) in [6, 6.07) is 13.7. The van der Waals surface area contributed by atoms with Crippen LogP contribution in [0.15, 0.2) is 68.7 Å². The quantitative estimate of drug-likeness (QED) is 0.642. The maximum atomic E-state index is 12.7. The van der Waals surface area contributed by atoms with E-state index in [4.69, 9.17) is 4.42 Å². The Morgan fingerprint density at radius 1 is 1.04 bits per heavy atom. The second kappa shape index (κ2) is 7.95. The predicted octanol–water partition coefficient (Wildman–Crippen LogP) is 3.08. The van der Waals surface area contributed by atoms with Gasteiger partial charge in [0.15, 0.2) is 0 Å². The van der Waals surface area contributed by atoms with E-state index in [9.17, 15) is 18.0 Å². The van der Waals surface area contributed by atoms with Crippen LogP contribution in [0, 0.1) is 0 Å². The summed E-state index contributed by atoms with van der Waals surface area (Å²) in [5, 5.41) is 3.40. The molecule has 1 N–H and O–H groups in total. The van der Waals surface area contributed by atoms with Gasteiger partial charge in [-0.15, -0.1) is 0 Å². The Bertz CT molecular complexity index is 1180. The van der Waals surface area contributed by atoms with Crippen LogP contribution in [0.2, 0.25) is 0 Å². The predicted molar refractivity (Wildman–Crippen MR) is 107 cm³/mol. The van der Waals surface area contributed by atoms with Crippen LogP contribution in [0.5, 0.6) is 0 Å². The third kappa shape index (κ3) is 3.97. The first-order valence-electron chi connectivity index (χ1n) is 8.80. The molecule has 2 aromatic carbocycles. The molecule has 0 fully saturated rings. The number of sulfonamides is 1. The van der Waals surface area contributed by atoms with Crippen LogP contribution in [0.25, 0.3) is 11.0 Å². The number of hydrogen-bond donors (Lipinski definition) is 1. The van der Waals surface area contributed by atoms with Gasteiger partial charge in [0.2, 0.25) is 10.0 Å². The Morgan fingerprint density at radius 3 is 2.50 bits per heavy atom. The van der Waals surface area contributed by atoms with Crippen LogP contribution in [0.3, 0.4) is 0 Å². The third-order valence-corrected chi connectivity index (χ3v) is 6.36. The van der Waals surface area contributed by atoms with Crippen molar-refractivity contribution in [1.82, 2.24) is 4.31 Å². The number of carbonyl (C=O) groups is 1. The largest absolute Gasteiger partial charge is 0.423 e. The molecule has 8 heteroatoms. The molecule has 0 aliphatic heterocycles. The molecule has 0 bridgehead atoms. The van der Waals surface area contributed by atoms with Gasteiger partial charge in [0.1, 0.15) is 5.58 Å². The highest BCUT2D eigenvalue weighted by atomic mass is 32.2. The van der Waals surface area contributed by atoms with Gasteiger partial charge >= 0.3 is 5.63 Å². The fourth-order valence-electron chi connectivity index (χ4n) is 2.86. The lowest BCUT2D eigenvalue weighted by Gasteiger charge is -2.18. The summed E-state index contributed by atoms with van der Waals surface area (Å²) < 4.78 is 31.7. The number of nitrogens with one attached hydrogen (secondary N) is 1. The Hall–Kier alpha value is -2.97. The minimum absolute atomic E-state index is 0.0733. The number of rotatable bonds is 6. The molecule has 0 aliphatic rings. The van der Waals surface area contributed by atoms with Gasteiger partial charge in [0.25, 0.3) is 5.91 Å². The molecule has 0 atom stereocenters. The molecule has 0 unspecified atom stereocenters. The van der Waals surface area contributed by atoms with Crippen molar-refractivity contribution in [2.75, 3.05) is 18.4 Å². The highest BCUT2D eigenvalue weighted by Crippen LogP contribution is 2.20. The Labute approximate surface area is 162 Å². The van der Waals surface area contributed by atoms with Crippen molar-refractivity contribution in [2.24, 2.45) is 0 Å². The molecule has 1 amide bonds. The maximum Gasteiger partial charge on any atom is 0.336 e. The van der Waals surface area contributed by atoms with Gasteiger partial charge in [0, 0.05) is 35.8 Å². The monoisotopic (exact) mass is 400 g/mol. The van der Waals surface area contributed by atoms with Crippen LogP contribution in [0.4, 0.5) is 5.69 Å². The molecule has 1 aromatic heterocycles. The van der Waals surface area contributed by atoms with E-state index < -0.39 is 21.6 Å². The maximum absolute atomic E-state index is 12.7. The second-order valence-electron chi connectivity index (χ2n) is 6.08. The topological polar surface area (TPSA) is 96.7 Å². The van der Waals surface area contributed by atoms with Crippen LogP contribution >= 0.6 is 0 Å². The van der Waals surface area contributed by atoms with E-state index in [1.165, 1.54) is 22.5 Å². The average molecular weight is 400 g/mol. The molecule has 3 aromatic rings. The number of amides is 1. The van der Waals surface area contributed by atoms with Crippen molar-refractivity contribution in [3.05, 3.63) is 70.6 Å². The Balaban J connectivity index is 1.87. The van der Waals surface area contributed by atoms with Gasteiger partial charge < -0.3 is 9.73 Å². The van der Waals surface area contributed by atoms with Crippen LogP contribution in [-0.4, -0.2) is 31.7 Å². The van der Waals surface area contributed by atoms with Crippen LogP contribution in [0.1, 0.15) is 24.2 Å². The van der Waals surface area contributed by atoms with Crippen molar-refractivity contribution in [1.29, 1.82) is 0 Å². The summed E-state index contributed by atoms with van der Waals surface area (Å²) >= 11 is 0. The van der Waals surface area contributed by atoms with E-state index >= 15 is 0 Å². The smallest absolute Gasteiger partial charge is 0.336 e. The normalized spacial score (nSPS) is 11.7. The molecule has 0 aliphatic carbocycles. The molecule has 0 saturated heterocycles. The molecule has 1 heterocycles. The Morgan fingerprint density at radius 2 is 1.79 bits per heavy atom. The highest BCUT2D eigenvalue weighted by Gasteiger charge is 2.22. The van der Waals surface area contributed by atoms with Crippen molar-refractivity contribution in [3.63, 3.8) is 0 Å². The molecular weight excluding hydrogens is 380 g/mol. The van der Waals surface area contributed by atoms with E-state index in [1.807, 2.05) is 0 Å². The lowest BCUT2D eigenvalue weighted by Crippen LogP contribution is -2.30. The number of carbonyl (C=O) groups excluding carboxylic acids is 1. The molecule has 0 saturated carbocycles. The molecule has 146 valence electrons. The van der Waals surface area contributed by atoms with Gasteiger partial charge in [-0.2, -0.15) is 4.31 Å². The second-order valence-corrected chi connectivity index (χ2v) is 8.02. The highest BCUT2D eigenvalue weighted by molar-refractivity contribution is 7.89. The van der Waals surface area contributed by atoms with Crippen molar-refractivity contribution < 1.29 is 17.6 Å². The summed E-state index contributed by atoms with van der Waals surface area (Å²) in [6.45, 7) is 4.23. The number of anilines is 1. The molecular formula is C20H20N2O5S. The zero-order chi connectivity index (χ0) is 20.3. The van der Waals surface area contributed by atoms with Crippen LogP contribution in [-0.2, 0) is 10.0 Å². The van der Waals surface area contributed by atoms with Gasteiger partial charge in [-0.1, -0.05) is 19.9 Å². The number of hydrogen-bond acceptors (Lipinski definition) is 5. The van der Waals surface area contributed by atoms with Gasteiger partial charge in [-0.3, -0.25) is 4.79 Å². The average Bonchev–Trinajstić information content (AvgIpc) is 2.69. The first-order valence-corrected chi connectivity index (χ1v) is 10.2. The number of fused-ring (bicyclic) bond motifs is 1. The summed E-state index contributed by atoms with van der Waals surface area (Å²) in [4.78, 5) is 23.9. The third-order valence-electron chi connectivity index (χ3n) is 4.32. The first kappa shape index (κ1) is 19.8. The minimum atomic E-state index is -3.65. The first-order chi connectivity index (χ1) is 13.3. The fraction of sp³-hybridized carbons (Fsp3) is 0.200. The zero-order valence-corrected chi connectivity index (χ0v) is 16.3. The van der Waals surface area contributed by atoms with Crippen LogP contribution < -0.4 is 10.9 Å². The number of benzene rings is 2. The van der Waals surface area contributed by atoms with Gasteiger partial charge in [-0.05, 0) is 42.5 Å². The van der Waals surface area contributed by atoms with E-state index in [0.29, 0.717) is 29.7 Å². The van der Waals surface area contributed by atoms with Crippen molar-refractivity contribution in [3.8, 4) is 0 Å². The summed E-state index contributed by atoms with van der Waals surface area (Å²) in [5.41, 5.74) is 0.699. The summed E-state index contributed by atoms with van der Waals surface area (Å²) in [6.07, 6.45) is 0. The van der Waals surface area contributed by atoms with E-state index in [-0.39, 0.29) is 10.5 Å². The molecule has 0 radical (unpaired) electrons. The minimum Gasteiger partial charge on any atom is -0.423 e. The lowest BCUT2D eigenvalue weighted by atomic mass is 10.2. The van der Waals surface area contributed by atoms with E-state index in [2.05, 4.69) is 5.32 Å². The lowest BCUT2D eigenvalue weighted by molar-refractivity contribution is 0.102. The van der Waals surface area contributed by atoms with E-state index in [0.717, 1.165) is 0 Å². The summed E-state index contributed by atoms with van der Waals surface area (Å²) in [7, 11) is -3.65. The fourth-order valence-corrected chi connectivity index (χ4v) is 4.37. The van der Waals surface area contributed by atoms with Crippen molar-refractivity contribution >= 4 is 32.6 Å². The van der Waals surface area contributed by atoms with E-state index in [1.54, 1.807) is 50.2 Å². The molecule has 3 rings (SSSR count). The Kier molecular flexibility index (Phi) is 5.62. The van der Waals surface area contributed by atoms with Crippen molar-refractivity contribution in [2.45, 2.75) is 18.7 Å². The zero-order valence-electron chi connectivity index (χ0n) is 15.5. The molecule has 28 heavy (non-hydrogen) atoms. The van der Waals surface area contributed by atoms with Gasteiger partial charge in [-0.25, -0.2) is 13.2 Å². The standard InChI is InChI=1S/C20H20N2O5S/c1-3-22(4-2)28(25,26)17-7-5-6-15(13-17)20(24)21-16-9-10-18-14(12-16)8-11-19(23)27-18/h5-13H,3-4H2,1-2H3,(H,21,24). The SMILES string of the molecule is CCN(CC)S(=O)(=O)c1cccc(C(=O)Nc2ccc3oc(=O)ccc3c2)c1. The molecule has 7 nitrogen and oxygen atoms in total.